The molecule has 94 valence electrons. The van der Waals surface area contributed by atoms with Crippen molar-refractivity contribution in [3.63, 3.8) is 0 Å². The van der Waals surface area contributed by atoms with Gasteiger partial charge < -0.3 is 19.6 Å². The Labute approximate surface area is 104 Å². The van der Waals surface area contributed by atoms with E-state index in [0.717, 1.165) is 5.56 Å². The molecule has 1 aliphatic rings. The molecular formula is C12H13N3O3. The topological polar surface area (TPSA) is 83.4 Å². The molecule has 0 aliphatic carbocycles. The molecule has 0 atom stereocenters. The van der Waals surface area contributed by atoms with Gasteiger partial charge >= 0.3 is 0 Å². The first-order valence-electron chi connectivity index (χ1n) is 5.80. The zero-order valence-corrected chi connectivity index (χ0v) is 9.76. The van der Waals surface area contributed by atoms with Gasteiger partial charge in [-0.3, -0.25) is 0 Å². The summed E-state index contributed by atoms with van der Waals surface area (Å²) in [4.78, 5) is 0. The van der Waals surface area contributed by atoms with Crippen molar-refractivity contribution >= 4 is 0 Å². The average Bonchev–Trinajstić information content (AvgIpc) is 2.87. The van der Waals surface area contributed by atoms with E-state index in [2.05, 4.69) is 10.2 Å². The molecular weight excluding hydrogens is 234 g/mol. The fraction of sp³-hybridized carbons (Fsp3) is 0.333. The standard InChI is InChI=1S/C12H13N3O3/c13-5-4-10-14-15-12(18-10)8-2-1-3-9-11(8)17-7-6-16-9/h1-3H,4-7,13H2. The number of hydrogen-bond donors (Lipinski definition) is 1. The van der Waals surface area contributed by atoms with Crippen LogP contribution in [0, 0.1) is 0 Å². The van der Waals surface area contributed by atoms with Crippen LogP contribution < -0.4 is 15.2 Å². The van der Waals surface area contributed by atoms with Crippen LogP contribution in [0.25, 0.3) is 11.5 Å². The van der Waals surface area contributed by atoms with Crippen molar-refractivity contribution in [2.24, 2.45) is 5.73 Å². The Morgan fingerprint density at radius 3 is 2.94 bits per heavy atom. The van der Waals surface area contributed by atoms with Gasteiger partial charge in [-0.15, -0.1) is 10.2 Å². The molecule has 6 heteroatoms. The first-order valence-corrected chi connectivity index (χ1v) is 5.80. The van der Waals surface area contributed by atoms with Gasteiger partial charge in [-0.2, -0.15) is 0 Å². The Morgan fingerprint density at radius 1 is 1.17 bits per heavy atom. The van der Waals surface area contributed by atoms with Gasteiger partial charge in [-0.05, 0) is 12.1 Å². The Kier molecular flexibility index (Phi) is 2.85. The number of aromatic nitrogens is 2. The van der Waals surface area contributed by atoms with Gasteiger partial charge in [0.2, 0.25) is 5.89 Å². The highest BCUT2D eigenvalue weighted by molar-refractivity contribution is 5.67. The van der Waals surface area contributed by atoms with E-state index in [9.17, 15) is 0 Å². The van der Waals surface area contributed by atoms with Gasteiger partial charge in [0, 0.05) is 13.0 Å². The lowest BCUT2D eigenvalue weighted by Crippen LogP contribution is -2.15. The Hall–Kier alpha value is -2.08. The number of benzene rings is 1. The Morgan fingerprint density at radius 2 is 2.06 bits per heavy atom. The monoisotopic (exact) mass is 247 g/mol. The zero-order valence-electron chi connectivity index (χ0n) is 9.76. The summed E-state index contributed by atoms with van der Waals surface area (Å²) in [6, 6.07) is 5.60. The molecule has 0 amide bonds. The number of ether oxygens (including phenoxy) is 2. The molecule has 1 aromatic carbocycles. The second-order valence-electron chi connectivity index (χ2n) is 3.87. The highest BCUT2D eigenvalue weighted by Crippen LogP contribution is 2.39. The maximum absolute atomic E-state index is 5.60. The van der Waals surface area contributed by atoms with Crippen LogP contribution in [0.4, 0.5) is 0 Å². The number of para-hydroxylation sites is 1. The summed E-state index contributed by atoms with van der Waals surface area (Å²) in [5, 5.41) is 7.94. The van der Waals surface area contributed by atoms with E-state index < -0.39 is 0 Å². The largest absolute Gasteiger partial charge is 0.486 e. The van der Waals surface area contributed by atoms with Gasteiger partial charge in [0.1, 0.15) is 13.2 Å². The molecule has 3 rings (SSSR count). The molecule has 0 fully saturated rings. The van der Waals surface area contributed by atoms with Gasteiger partial charge in [-0.1, -0.05) is 6.07 Å². The fourth-order valence-electron chi connectivity index (χ4n) is 1.83. The van der Waals surface area contributed by atoms with Crippen molar-refractivity contribution in [1.29, 1.82) is 0 Å². The molecule has 2 heterocycles. The molecule has 0 bridgehead atoms. The number of hydrogen-bond acceptors (Lipinski definition) is 6. The zero-order chi connectivity index (χ0) is 12.4. The predicted molar refractivity (Wildman–Crippen MR) is 63.5 cm³/mol. The maximum atomic E-state index is 5.60. The fourth-order valence-corrected chi connectivity index (χ4v) is 1.83. The van der Waals surface area contributed by atoms with Gasteiger partial charge in [0.15, 0.2) is 11.5 Å². The SMILES string of the molecule is NCCc1nnc(-c2cccc3c2OCCO3)o1. The minimum absolute atomic E-state index is 0.431. The Balaban J connectivity index is 2.00. The summed E-state index contributed by atoms with van der Waals surface area (Å²) < 4.78 is 16.6. The Bertz CT molecular complexity index is 553. The van der Waals surface area contributed by atoms with Crippen molar-refractivity contribution < 1.29 is 13.9 Å². The molecule has 1 aromatic heterocycles. The quantitative estimate of drug-likeness (QED) is 0.871. The molecule has 0 unspecified atom stereocenters. The number of fused-ring (bicyclic) bond motifs is 1. The molecule has 6 nitrogen and oxygen atoms in total. The average molecular weight is 247 g/mol. The van der Waals surface area contributed by atoms with Crippen molar-refractivity contribution in [3.05, 3.63) is 24.1 Å². The first-order chi connectivity index (χ1) is 8.88. The summed E-state index contributed by atoms with van der Waals surface area (Å²) in [6.45, 7) is 1.56. The second-order valence-corrected chi connectivity index (χ2v) is 3.87. The molecule has 0 spiro atoms. The number of rotatable bonds is 3. The van der Waals surface area contributed by atoms with E-state index in [1.54, 1.807) is 0 Å². The third kappa shape index (κ3) is 1.91. The van der Waals surface area contributed by atoms with Crippen LogP contribution in [0.5, 0.6) is 11.5 Å². The molecule has 0 saturated heterocycles. The van der Waals surface area contributed by atoms with Crippen LogP contribution in [0.3, 0.4) is 0 Å². The molecule has 0 saturated carbocycles. The van der Waals surface area contributed by atoms with Crippen LogP contribution in [-0.2, 0) is 6.42 Å². The second kappa shape index (κ2) is 4.66. The summed E-state index contributed by atoms with van der Waals surface area (Å²) in [5.74, 6) is 2.33. The van der Waals surface area contributed by atoms with Gasteiger partial charge in [-0.25, -0.2) is 0 Å². The van der Waals surface area contributed by atoms with Crippen molar-refractivity contribution in [2.45, 2.75) is 6.42 Å². The summed E-state index contributed by atoms with van der Waals surface area (Å²) in [7, 11) is 0. The van der Waals surface area contributed by atoms with Crippen LogP contribution in [0.1, 0.15) is 5.89 Å². The lowest BCUT2D eigenvalue weighted by atomic mass is 10.2. The van der Waals surface area contributed by atoms with Crippen LogP contribution >= 0.6 is 0 Å². The third-order valence-electron chi connectivity index (χ3n) is 2.62. The first kappa shape index (κ1) is 11.0. The van der Waals surface area contributed by atoms with E-state index in [1.807, 2.05) is 18.2 Å². The number of nitrogens with two attached hydrogens (primary N) is 1. The third-order valence-corrected chi connectivity index (χ3v) is 2.62. The minimum atomic E-state index is 0.431. The lowest BCUT2D eigenvalue weighted by Gasteiger charge is -2.19. The van der Waals surface area contributed by atoms with E-state index >= 15 is 0 Å². The van der Waals surface area contributed by atoms with Gasteiger partial charge in [0.05, 0.1) is 5.56 Å². The smallest absolute Gasteiger partial charge is 0.251 e. The number of nitrogens with zero attached hydrogens (tertiary/aromatic N) is 2. The minimum Gasteiger partial charge on any atom is -0.486 e. The molecule has 2 N–H and O–H groups in total. The van der Waals surface area contributed by atoms with E-state index in [4.69, 9.17) is 19.6 Å². The van der Waals surface area contributed by atoms with Crippen molar-refractivity contribution in [2.75, 3.05) is 19.8 Å². The lowest BCUT2D eigenvalue weighted by molar-refractivity contribution is 0.172. The summed E-state index contributed by atoms with van der Waals surface area (Å²) in [6.07, 6.45) is 0.569. The van der Waals surface area contributed by atoms with Crippen LogP contribution in [0.15, 0.2) is 22.6 Å². The van der Waals surface area contributed by atoms with Crippen molar-refractivity contribution in [1.82, 2.24) is 10.2 Å². The summed E-state index contributed by atoms with van der Waals surface area (Å²) in [5.41, 5.74) is 6.20. The van der Waals surface area contributed by atoms with Crippen molar-refractivity contribution in [3.8, 4) is 23.0 Å². The summed E-state index contributed by atoms with van der Waals surface area (Å²) >= 11 is 0. The van der Waals surface area contributed by atoms with E-state index in [1.165, 1.54) is 0 Å². The van der Waals surface area contributed by atoms with Gasteiger partial charge in [0.25, 0.3) is 5.89 Å². The molecule has 18 heavy (non-hydrogen) atoms. The maximum Gasteiger partial charge on any atom is 0.251 e. The highest BCUT2D eigenvalue weighted by atomic mass is 16.6. The van der Waals surface area contributed by atoms with Crippen LogP contribution in [-0.4, -0.2) is 30.0 Å². The molecule has 2 aromatic rings. The molecule has 1 aliphatic heterocycles. The van der Waals surface area contributed by atoms with E-state index in [0.29, 0.717) is 49.5 Å². The normalized spacial score (nSPS) is 13.6. The van der Waals surface area contributed by atoms with Crippen LogP contribution in [0.2, 0.25) is 0 Å². The predicted octanol–water partition coefficient (Wildman–Crippen LogP) is 1.01. The molecule has 0 radical (unpaired) electrons. The highest BCUT2D eigenvalue weighted by Gasteiger charge is 2.20. The van der Waals surface area contributed by atoms with E-state index in [-0.39, 0.29) is 0 Å².